The third kappa shape index (κ3) is 4.82. The molecule has 0 aliphatic carbocycles. The van der Waals surface area contributed by atoms with E-state index < -0.39 is 0 Å². The zero-order chi connectivity index (χ0) is 18.7. The van der Waals surface area contributed by atoms with Gasteiger partial charge in [0.25, 0.3) is 0 Å². The minimum Gasteiger partial charge on any atom is -0.342 e. The van der Waals surface area contributed by atoms with Crippen LogP contribution in [-0.2, 0) is 16.0 Å². The van der Waals surface area contributed by atoms with Gasteiger partial charge < -0.3 is 15.5 Å². The van der Waals surface area contributed by atoms with Crippen molar-refractivity contribution in [1.82, 2.24) is 4.90 Å². The van der Waals surface area contributed by atoms with Crippen LogP contribution in [0.3, 0.4) is 0 Å². The van der Waals surface area contributed by atoms with Gasteiger partial charge in [-0.1, -0.05) is 32.4 Å². The zero-order valence-corrected chi connectivity index (χ0v) is 17.3. The standard InChI is InChI=1S/C21H31N3O2.ClH/c1-3-4-5-16-6-8-18(9-7-16)24-13-17(12-19(24)25)20(26)23-11-10-21(2,14-22)15-23;/h6-9,17H,3-5,10-15,22H2,1-2H3;1H. The Morgan fingerprint density at radius 1 is 1.30 bits per heavy atom. The maximum Gasteiger partial charge on any atom is 0.228 e. The predicted octanol–water partition coefficient (Wildman–Crippen LogP) is 3.00. The third-order valence-corrected chi connectivity index (χ3v) is 5.90. The number of unbranched alkanes of at least 4 members (excludes halogenated alkanes) is 1. The number of anilines is 1. The summed E-state index contributed by atoms with van der Waals surface area (Å²) < 4.78 is 0. The molecule has 1 aromatic rings. The lowest BCUT2D eigenvalue weighted by Crippen LogP contribution is -2.38. The Bertz CT molecular complexity index is 664. The lowest BCUT2D eigenvalue weighted by atomic mass is 9.90. The number of likely N-dealkylation sites (tertiary alicyclic amines) is 1. The van der Waals surface area contributed by atoms with Crippen LogP contribution in [0.25, 0.3) is 0 Å². The molecule has 2 atom stereocenters. The molecule has 150 valence electrons. The van der Waals surface area contributed by atoms with Crippen molar-refractivity contribution in [1.29, 1.82) is 0 Å². The number of nitrogens with two attached hydrogens (primary N) is 1. The molecule has 27 heavy (non-hydrogen) atoms. The van der Waals surface area contributed by atoms with Gasteiger partial charge in [-0.2, -0.15) is 0 Å². The first-order valence-corrected chi connectivity index (χ1v) is 9.84. The number of carbonyl (C=O) groups is 2. The molecule has 2 N–H and O–H groups in total. The average Bonchev–Trinajstić information content (AvgIpc) is 3.24. The summed E-state index contributed by atoms with van der Waals surface area (Å²) in [4.78, 5) is 29.0. The summed E-state index contributed by atoms with van der Waals surface area (Å²) in [5, 5.41) is 0. The van der Waals surface area contributed by atoms with Crippen LogP contribution < -0.4 is 10.6 Å². The topological polar surface area (TPSA) is 66.6 Å². The normalized spacial score (nSPS) is 25.0. The highest BCUT2D eigenvalue weighted by atomic mass is 35.5. The quantitative estimate of drug-likeness (QED) is 0.807. The van der Waals surface area contributed by atoms with Crippen LogP contribution in [0.1, 0.15) is 45.1 Å². The first-order valence-electron chi connectivity index (χ1n) is 9.84. The van der Waals surface area contributed by atoms with Gasteiger partial charge in [0, 0.05) is 31.7 Å². The van der Waals surface area contributed by atoms with Gasteiger partial charge in [-0.3, -0.25) is 9.59 Å². The fraction of sp³-hybridized carbons (Fsp3) is 0.619. The summed E-state index contributed by atoms with van der Waals surface area (Å²) in [7, 11) is 0. The van der Waals surface area contributed by atoms with E-state index >= 15 is 0 Å². The van der Waals surface area contributed by atoms with Crippen LogP contribution >= 0.6 is 12.4 Å². The predicted molar refractivity (Wildman–Crippen MR) is 111 cm³/mol. The molecule has 0 aromatic heterocycles. The second kappa shape index (κ2) is 9.07. The van der Waals surface area contributed by atoms with Crippen molar-refractivity contribution in [2.24, 2.45) is 17.1 Å². The molecule has 3 rings (SSSR count). The molecule has 2 saturated heterocycles. The lowest BCUT2D eigenvalue weighted by Gasteiger charge is -2.24. The van der Waals surface area contributed by atoms with Gasteiger partial charge in [0.2, 0.25) is 11.8 Å². The summed E-state index contributed by atoms with van der Waals surface area (Å²) in [5.74, 6) is -0.0783. The Morgan fingerprint density at radius 3 is 2.59 bits per heavy atom. The number of hydrogen-bond donors (Lipinski definition) is 1. The van der Waals surface area contributed by atoms with Crippen LogP contribution in [0.2, 0.25) is 0 Å². The molecule has 2 aliphatic rings. The second-order valence-corrected chi connectivity index (χ2v) is 8.20. The minimum absolute atomic E-state index is 0. The van der Waals surface area contributed by atoms with Crippen molar-refractivity contribution in [3.63, 3.8) is 0 Å². The van der Waals surface area contributed by atoms with E-state index in [2.05, 4.69) is 26.0 Å². The van der Waals surface area contributed by atoms with Crippen LogP contribution in [-0.4, -0.2) is 42.9 Å². The zero-order valence-electron chi connectivity index (χ0n) is 16.4. The fourth-order valence-corrected chi connectivity index (χ4v) is 3.98. The number of benzene rings is 1. The maximum absolute atomic E-state index is 12.9. The molecule has 2 unspecified atom stereocenters. The van der Waals surface area contributed by atoms with Crippen LogP contribution in [0, 0.1) is 11.3 Å². The van der Waals surface area contributed by atoms with Crippen LogP contribution in [0.15, 0.2) is 24.3 Å². The third-order valence-electron chi connectivity index (χ3n) is 5.90. The molecule has 0 saturated carbocycles. The van der Waals surface area contributed by atoms with Crippen molar-refractivity contribution in [2.45, 2.75) is 46.0 Å². The fourth-order valence-electron chi connectivity index (χ4n) is 3.98. The van der Waals surface area contributed by atoms with Crippen molar-refractivity contribution >= 4 is 29.9 Å². The van der Waals surface area contributed by atoms with Crippen LogP contribution in [0.5, 0.6) is 0 Å². The molecule has 2 fully saturated rings. The Balaban J connectivity index is 0.00000261. The number of hydrogen-bond acceptors (Lipinski definition) is 3. The van der Waals surface area contributed by atoms with E-state index in [1.54, 1.807) is 4.90 Å². The lowest BCUT2D eigenvalue weighted by molar-refractivity contribution is -0.135. The van der Waals surface area contributed by atoms with E-state index in [9.17, 15) is 9.59 Å². The van der Waals surface area contributed by atoms with Gasteiger partial charge in [-0.05, 0) is 48.9 Å². The van der Waals surface area contributed by atoms with E-state index in [0.29, 0.717) is 26.1 Å². The number of halogens is 1. The molecule has 0 spiro atoms. The van der Waals surface area contributed by atoms with E-state index in [4.69, 9.17) is 5.73 Å². The first-order chi connectivity index (χ1) is 12.5. The highest BCUT2D eigenvalue weighted by Gasteiger charge is 2.41. The molecular formula is C21H32ClN3O2. The summed E-state index contributed by atoms with van der Waals surface area (Å²) >= 11 is 0. The average molecular weight is 394 g/mol. The first kappa shape index (κ1) is 21.7. The molecule has 0 bridgehead atoms. The number of nitrogens with zero attached hydrogens (tertiary/aromatic N) is 2. The largest absolute Gasteiger partial charge is 0.342 e. The van der Waals surface area contributed by atoms with E-state index in [-0.39, 0.29) is 35.6 Å². The number of carbonyl (C=O) groups excluding carboxylic acids is 2. The van der Waals surface area contributed by atoms with Gasteiger partial charge in [0.05, 0.1) is 5.92 Å². The minimum atomic E-state index is -0.234. The number of amides is 2. The Morgan fingerprint density at radius 2 is 2.00 bits per heavy atom. The molecular weight excluding hydrogens is 362 g/mol. The summed E-state index contributed by atoms with van der Waals surface area (Å²) in [6.45, 7) is 6.86. The molecule has 5 nitrogen and oxygen atoms in total. The Labute approximate surface area is 168 Å². The van der Waals surface area contributed by atoms with Gasteiger partial charge in [-0.25, -0.2) is 0 Å². The van der Waals surface area contributed by atoms with Gasteiger partial charge in [-0.15, -0.1) is 12.4 Å². The van der Waals surface area contributed by atoms with E-state index in [0.717, 1.165) is 25.1 Å². The Hall–Kier alpha value is -1.59. The molecule has 6 heteroatoms. The highest BCUT2D eigenvalue weighted by molar-refractivity contribution is 6.00. The molecule has 0 radical (unpaired) electrons. The summed E-state index contributed by atoms with van der Waals surface area (Å²) in [5.41, 5.74) is 8.07. The highest BCUT2D eigenvalue weighted by Crippen LogP contribution is 2.32. The van der Waals surface area contributed by atoms with Gasteiger partial charge in [0.1, 0.15) is 0 Å². The number of rotatable bonds is 6. The summed E-state index contributed by atoms with van der Waals surface area (Å²) in [6, 6.07) is 8.22. The molecule has 2 aliphatic heterocycles. The van der Waals surface area contributed by atoms with E-state index in [1.165, 1.54) is 18.4 Å². The smallest absolute Gasteiger partial charge is 0.228 e. The van der Waals surface area contributed by atoms with Crippen molar-refractivity contribution < 1.29 is 9.59 Å². The maximum atomic E-state index is 12.9. The monoisotopic (exact) mass is 393 g/mol. The van der Waals surface area contributed by atoms with Crippen molar-refractivity contribution in [3.05, 3.63) is 29.8 Å². The summed E-state index contributed by atoms with van der Waals surface area (Å²) in [6.07, 6.45) is 4.68. The molecule has 1 aromatic carbocycles. The SMILES string of the molecule is CCCCc1ccc(N2CC(C(=O)N3CCC(C)(CN)C3)CC2=O)cc1.Cl. The van der Waals surface area contributed by atoms with Crippen molar-refractivity contribution in [3.8, 4) is 0 Å². The Kier molecular flexibility index (Phi) is 7.29. The van der Waals surface area contributed by atoms with Gasteiger partial charge >= 0.3 is 0 Å². The van der Waals surface area contributed by atoms with Crippen LogP contribution in [0.4, 0.5) is 5.69 Å². The van der Waals surface area contributed by atoms with Crippen molar-refractivity contribution in [2.75, 3.05) is 31.1 Å². The molecule has 2 amide bonds. The van der Waals surface area contributed by atoms with Gasteiger partial charge in [0.15, 0.2) is 0 Å². The number of aryl methyl sites for hydroxylation is 1. The second-order valence-electron chi connectivity index (χ2n) is 8.20. The van der Waals surface area contributed by atoms with E-state index in [1.807, 2.05) is 17.0 Å². The molecule has 2 heterocycles.